The smallest absolute Gasteiger partial charge is 0.226 e. The van der Waals surface area contributed by atoms with Crippen LogP contribution in [0.4, 0.5) is 5.69 Å². The van der Waals surface area contributed by atoms with E-state index in [0.717, 1.165) is 18.4 Å². The van der Waals surface area contributed by atoms with Gasteiger partial charge in [-0.1, -0.05) is 36.9 Å². The van der Waals surface area contributed by atoms with Crippen molar-refractivity contribution in [2.45, 2.75) is 58.4 Å². The molecule has 2 amide bonds. The minimum Gasteiger partial charge on any atom is -0.339 e. The predicted molar refractivity (Wildman–Crippen MR) is 93.7 cm³/mol. The normalized spacial score (nSPS) is 15.3. The Morgan fingerprint density at radius 1 is 1.26 bits per heavy atom. The molecule has 1 aromatic carbocycles. The molecule has 4 nitrogen and oxygen atoms in total. The zero-order chi connectivity index (χ0) is 16.8. The van der Waals surface area contributed by atoms with E-state index in [1.54, 1.807) is 13.0 Å². The molecule has 0 saturated heterocycles. The van der Waals surface area contributed by atoms with Crippen molar-refractivity contribution in [2.24, 2.45) is 0 Å². The summed E-state index contributed by atoms with van der Waals surface area (Å²) in [6, 6.07) is 5.76. The number of halogens is 1. The summed E-state index contributed by atoms with van der Waals surface area (Å²) in [6.07, 6.45) is 5.99. The van der Waals surface area contributed by atoms with Gasteiger partial charge in [0.1, 0.15) is 0 Å². The number of hydrogen-bond acceptors (Lipinski definition) is 2. The van der Waals surface area contributed by atoms with Gasteiger partial charge in [-0.05, 0) is 37.5 Å². The van der Waals surface area contributed by atoms with E-state index in [1.807, 2.05) is 24.0 Å². The van der Waals surface area contributed by atoms with E-state index in [1.165, 1.54) is 19.3 Å². The lowest BCUT2D eigenvalue weighted by atomic mass is 9.94. The highest BCUT2D eigenvalue weighted by atomic mass is 35.5. The molecular formula is C18H25ClN2O2. The van der Waals surface area contributed by atoms with Crippen molar-refractivity contribution in [1.29, 1.82) is 0 Å². The van der Waals surface area contributed by atoms with Crippen molar-refractivity contribution >= 4 is 29.1 Å². The molecule has 0 aliphatic heterocycles. The minimum absolute atomic E-state index is 0.0584. The molecule has 0 spiro atoms. The molecule has 2 rings (SSSR count). The molecule has 0 bridgehead atoms. The fourth-order valence-corrected chi connectivity index (χ4v) is 3.29. The fourth-order valence-electron chi connectivity index (χ4n) is 3.11. The van der Waals surface area contributed by atoms with Gasteiger partial charge < -0.3 is 10.2 Å². The summed E-state index contributed by atoms with van der Waals surface area (Å²) in [4.78, 5) is 25.9. The Morgan fingerprint density at radius 2 is 1.96 bits per heavy atom. The first-order valence-corrected chi connectivity index (χ1v) is 8.68. The Morgan fingerprint density at radius 3 is 2.57 bits per heavy atom. The SMILES string of the molecule is CC(=O)N(CCC(=O)Nc1ccc(C)c(Cl)c1)C1CCCCC1. The lowest BCUT2D eigenvalue weighted by molar-refractivity contribution is -0.132. The predicted octanol–water partition coefficient (Wildman–Crippen LogP) is 4.16. The maximum absolute atomic E-state index is 12.1. The van der Waals surface area contributed by atoms with Crippen LogP contribution >= 0.6 is 11.6 Å². The molecule has 1 aromatic rings. The second-order valence-corrected chi connectivity index (χ2v) is 6.67. The van der Waals surface area contributed by atoms with Gasteiger partial charge in [0.15, 0.2) is 0 Å². The fraction of sp³-hybridized carbons (Fsp3) is 0.556. The first-order valence-electron chi connectivity index (χ1n) is 8.30. The summed E-state index contributed by atoms with van der Waals surface area (Å²) in [7, 11) is 0. The zero-order valence-electron chi connectivity index (χ0n) is 13.9. The van der Waals surface area contributed by atoms with Gasteiger partial charge in [0, 0.05) is 36.6 Å². The summed E-state index contributed by atoms with van der Waals surface area (Å²) in [5, 5.41) is 3.48. The van der Waals surface area contributed by atoms with Crippen LogP contribution in [0.1, 0.15) is 51.0 Å². The maximum Gasteiger partial charge on any atom is 0.226 e. The quantitative estimate of drug-likeness (QED) is 0.877. The third-order valence-electron chi connectivity index (χ3n) is 4.46. The maximum atomic E-state index is 12.1. The second kappa shape index (κ2) is 8.34. The Hall–Kier alpha value is -1.55. The van der Waals surface area contributed by atoms with E-state index in [-0.39, 0.29) is 11.8 Å². The van der Waals surface area contributed by atoms with Gasteiger partial charge in [0.2, 0.25) is 11.8 Å². The van der Waals surface area contributed by atoms with Gasteiger partial charge in [0.05, 0.1) is 0 Å². The number of carbonyl (C=O) groups excluding carboxylic acids is 2. The molecule has 1 saturated carbocycles. The van der Waals surface area contributed by atoms with Gasteiger partial charge in [0.25, 0.3) is 0 Å². The lowest BCUT2D eigenvalue weighted by Gasteiger charge is -2.33. The molecule has 1 fully saturated rings. The lowest BCUT2D eigenvalue weighted by Crippen LogP contribution is -2.41. The van der Waals surface area contributed by atoms with Gasteiger partial charge in [-0.2, -0.15) is 0 Å². The number of anilines is 1. The van der Waals surface area contributed by atoms with Crippen LogP contribution in [-0.4, -0.2) is 29.3 Å². The van der Waals surface area contributed by atoms with Crippen LogP contribution < -0.4 is 5.32 Å². The van der Waals surface area contributed by atoms with Crippen LogP contribution in [0.2, 0.25) is 5.02 Å². The largest absolute Gasteiger partial charge is 0.339 e. The van der Waals surface area contributed by atoms with Crippen molar-refractivity contribution in [2.75, 3.05) is 11.9 Å². The summed E-state index contributed by atoms with van der Waals surface area (Å²) in [5.41, 5.74) is 1.67. The summed E-state index contributed by atoms with van der Waals surface area (Å²) in [5.74, 6) is -0.0324. The average molecular weight is 337 g/mol. The Labute approximate surface area is 143 Å². The highest BCUT2D eigenvalue weighted by Gasteiger charge is 2.23. The Balaban J connectivity index is 1.88. The van der Waals surface area contributed by atoms with Crippen LogP contribution in [0.25, 0.3) is 0 Å². The van der Waals surface area contributed by atoms with Gasteiger partial charge in [-0.15, -0.1) is 0 Å². The highest BCUT2D eigenvalue weighted by molar-refractivity contribution is 6.31. The van der Waals surface area contributed by atoms with Crippen LogP contribution in [0, 0.1) is 6.92 Å². The summed E-state index contributed by atoms with van der Waals surface area (Å²) in [6.45, 7) is 3.99. The number of nitrogens with one attached hydrogen (secondary N) is 1. The van der Waals surface area contributed by atoms with Crippen LogP contribution in [0.3, 0.4) is 0 Å². The van der Waals surface area contributed by atoms with E-state index in [0.29, 0.717) is 29.7 Å². The van der Waals surface area contributed by atoms with Crippen molar-refractivity contribution in [1.82, 2.24) is 4.90 Å². The third-order valence-corrected chi connectivity index (χ3v) is 4.86. The van der Waals surface area contributed by atoms with Crippen LogP contribution in [0.15, 0.2) is 18.2 Å². The van der Waals surface area contributed by atoms with E-state index in [4.69, 9.17) is 11.6 Å². The second-order valence-electron chi connectivity index (χ2n) is 6.27. The molecule has 1 aliphatic carbocycles. The molecule has 23 heavy (non-hydrogen) atoms. The molecule has 0 unspecified atom stereocenters. The van der Waals surface area contributed by atoms with Crippen molar-refractivity contribution < 1.29 is 9.59 Å². The number of nitrogens with zero attached hydrogens (tertiary/aromatic N) is 1. The molecule has 126 valence electrons. The van der Waals surface area contributed by atoms with E-state index in [9.17, 15) is 9.59 Å². The number of hydrogen-bond donors (Lipinski definition) is 1. The third kappa shape index (κ3) is 5.24. The number of rotatable bonds is 5. The van der Waals surface area contributed by atoms with Crippen LogP contribution in [0.5, 0.6) is 0 Å². The molecule has 5 heteroatoms. The van der Waals surface area contributed by atoms with Gasteiger partial charge >= 0.3 is 0 Å². The average Bonchev–Trinajstić information content (AvgIpc) is 2.52. The Bertz CT molecular complexity index is 568. The molecular weight excluding hydrogens is 312 g/mol. The number of carbonyl (C=O) groups is 2. The Kier molecular flexibility index (Phi) is 6.46. The molecule has 0 radical (unpaired) electrons. The highest BCUT2D eigenvalue weighted by Crippen LogP contribution is 2.23. The molecule has 1 aliphatic rings. The number of amides is 2. The molecule has 0 heterocycles. The van der Waals surface area contributed by atoms with E-state index < -0.39 is 0 Å². The topological polar surface area (TPSA) is 49.4 Å². The number of aryl methyl sites for hydroxylation is 1. The van der Waals surface area contributed by atoms with Crippen molar-refractivity contribution in [3.8, 4) is 0 Å². The minimum atomic E-state index is -0.0908. The number of benzene rings is 1. The van der Waals surface area contributed by atoms with Gasteiger partial charge in [-0.3, -0.25) is 9.59 Å². The summed E-state index contributed by atoms with van der Waals surface area (Å²) < 4.78 is 0. The molecule has 1 N–H and O–H groups in total. The van der Waals surface area contributed by atoms with E-state index in [2.05, 4.69) is 5.32 Å². The molecule has 0 atom stereocenters. The monoisotopic (exact) mass is 336 g/mol. The van der Waals surface area contributed by atoms with E-state index >= 15 is 0 Å². The first-order chi connectivity index (χ1) is 11.0. The standard InChI is InChI=1S/C18H25ClN2O2/c1-13-8-9-15(12-17(13)19)20-18(23)10-11-21(14(2)22)16-6-4-3-5-7-16/h8-9,12,16H,3-7,10-11H2,1-2H3,(H,20,23). The molecule has 0 aromatic heterocycles. The first kappa shape index (κ1) is 17.8. The summed E-state index contributed by atoms with van der Waals surface area (Å²) >= 11 is 6.06. The van der Waals surface area contributed by atoms with Crippen LogP contribution in [-0.2, 0) is 9.59 Å². The zero-order valence-corrected chi connectivity index (χ0v) is 14.7. The van der Waals surface area contributed by atoms with Crippen molar-refractivity contribution in [3.63, 3.8) is 0 Å². The van der Waals surface area contributed by atoms with Gasteiger partial charge in [-0.25, -0.2) is 0 Å². The van der Waals surface area contributed by atoms with Crippen molar-refractivity contribution in [3.05, 3.63) is 28.8 Å².